The summed E-state index contributed by atoms with van der Waals surface area (Å²) in [7, 11) is 0. The maximum Gasteiger partial charge on any atom is 0 e. The van der Waals surface area contributed by atoms with Crippen LogP contribution in [0.3, 0.4) is 0 Å². The molecule has 0 aliphatic carbocycles. The van der Waals surface area contributed by atoms with Gasteiger partial charge in [0.1, 0.15) is 0 Å². The van der Waals surface area contributed by atoms with E-state index in [0.29, 0.717) is 0 Å². The van der Waals surface area contributed by atoms with Crippen molar-refractivity contribution < 1.29 is 36.8 Å². The van der Waals surface area contributed by atoms with Crippen molar-refractivity contribution in [1.82, 2.24) is 0 Å². The van der Waals surface area contributed by atoms with Crippen LogP contribution in [-0.2, 0) is 36.8 Å². The van der Waals surface area contributed by atoms with E-state index in [-0.39, 0.29) is 77.3 Å². The standard InChI is InChI=1S/Al.Cr.Mg.Zn. The zero-order chi connectivity index (χ0) is 0. The van der Waals surface area contributed by atoms with E-state index in [1.165, 1.54) is 0 Å². The molecule has 0 unspecified atom stereocenters. The van der Waals surface area contributed by atoms with Gasteiger partial charge in [-0.15, -0.1) is 0 Å². The van der Waals surface area contributed by atoms with Crippen LogP contribution < -0.4 is 0 Å². The van der Waals surface area contributed by atoms with Crippen molar-refractivity contribution in [2.24, 2.45) is 0 Å². The predicted octanol–water partition coefficient (Wildman–Crippen LogP) is -0.767. The zero-order valence-electron chi connectivity index (χ0n) is 2.40. The molecule has 4 heavy (non-hydrogen) atoms. The van der Waals surface area contributed by atoms with Crippen LogP contribution in [0.25, 0.3) is 0 Å². The maximum atomic E-state index is 0. The maximum absolute atomic E-state index is 0. The first-order chi connectivity index (χ1) is 0. The van der Waals surface area contributed by atoms with Crippen molar-refractivity contribution in [2.75, 3.05) is 0 Å². The smallest absolute Gasteiger partial charge is 0 e. The Bertz CT molecular complexity index is 8.00. The monoisotopic (exact) mass is 167 g/mol. The second-order valence-corrected chi connectivity index (χ2v) is 0. The predicted molar refractivity (Wildman–Crippen MR) is 11.5 cm³/mol. The first kappa shape index (κ1) is 31.9. The molecule has 0 rings (SSSR count). The summed E-state index contributed by atoms with van der Waals surface area (Å²) in [5, 5.41) is 0. The average molecular weight is 169 g/mol. The molecule has 0 N–H and O–H groups in total. The van der Waals surface area contributed by atoms with Crippen molar-refractivity contribution in [3.05, 3.63) is 0 Å². The molecule has 0 heterocycles. The molecular formula is AlCrMgZn. The summed E-state index contributed by atoms with van der Waals surface area (Å²) in [6.45, 7) is 0. The molecule has 0 spiro atoms. The topological polar surface area (TPSA) is 0 Å². The number of rotatable bonds is 0. The third-order valence-corrected chi connectivity index (χ3v) is 0. The minimum Gasteiger partial charge on any atom is 0 e. The molecule has 0 saturated carbocycles. The van der Waals surface area contributed by atoms with Gasteiger partial charge in [0, 0.05) is 77.3 Å². The molecule has 0 aromatic rings. The van der Waals surface area contributed by atoms with Crippen molar-refractivity contribution >= 4 is 40.4 Å². The van der Waals surface area contributed by atoms with Crippen molar-refractivity contribution in [3.63, 3.8) is 0 Å². The summed E-state index contributed by atoms with van der Waals surface area (Å²) in [6.07, 6.45) is 0. The summed E-state index contributed by atoms with van der Waals surface area (Å²) >= 11 is 0. The first-order valence-electron chi connectivity index (χ1n) is 0. The Balaban J connectivity index is 0. The van der Waals surface area contributed by atoms with Gasteiger partial charge in [0.25, 0.3) is 0 Å². The van der Waals surface area contributed by atoms with Crippen LogP contribution in [0.5, 0.6) is 0 Å². The summed E-state index contributed by atoms with van der Waals surface area (Å²) in [6, 6.07) is 0. The van der Waals surface area contributed by atoms with E-state index >= 15 is 0 Å². The van der Waals surface area contributed by atoms with E-state index < -0.39 is 0 Å². The zero-order valence-corrected chi connectivity index (χ0v) is 9.21. The minimum absolute atomic E-state index is 0. The molecule has 0 bridgehead atoms. The summed E-state index contributed by atoms with van der Waals surface area (Å²) in [4.78, 5) is 0. The Hall–Kier alpha value is 2.45. The fourth-order valence-corrected chi connectivity index (χ4v) is 0. The second kappa shape index (κ2) is 18.0. The Morgan fingerprint density at radius 3 is 1.00 bits per heavy atom. The number of hydrogen-bond donors (Lipinski definition) is 0. The fraction of sp³-hybridized carbons (Fsp3) is 0. The largest absolute Gasteiger partial charge is 0 e. The van der Waals surface area contributed by atoms with Gasteiger partial charge in [0.15, 0.2) is 0 Å². The second-order valence-electron chi connectivity index (χ2n) is 0. The SMILES string of the molecule is [Al].[Cr].[Mg].[Zn]. The molecule has 0 fully saturated rings. The summed E-state index contributed by atoms with van der Waals surface area (Å²) < 4.78 is 0. The Morgan fingerprint density at radius 2 is 1.00 bits per heavy atom. The van der Waals surface area contributed by atoms with Gasteiger partial charge in [-0.2, -0.15) is 0 Å². The van der Waals surface area contributed by atoms with E-state index in [2.05, 4.69) is 0 Å². The molecule has 0 aliphatic rings. The average Bonchev–Trinajstić information content (AvgIpc) is 0. The van der Waals surface area contributed by atoms with Crippen LogP contribution >= 0.6 is 0 Å². The van der Waals surface area contributed by atoms with Crippen molar-refractivity contribution in [3.8, 4) is 0 Å². The quantitative estimate of drug-likeness (QED) is 0.417. The fourth-order valence-electron chi connectivity index (χ4n) is 0. The van der Waals surface area contributed by atoms with E-state index in [1.54, 1.807) is 0 Å². The summed E-state index contributed by atoms with van der Waals surface area (Å²) in [5.74, 6) is 0. The molecule has 0 aliphatic heterocycles. The van der Waals surface area contributed by atoms with E-state index in [1.807, 2.05) is 0 Å². The van der Waals surface area contributed by atoms with E-state index in [9.17, 15) is 0 Å². The molecule has 4 heteroatoms. The van der Waals surface area contributed by atoms with Gasteiger partial charge >= 0.3 is 0 Å². The summed E-state index contributed by atoms with van der Waals surface area (Å²) in [5.41, 5.74) is 0. The number of hydrogen-bond acceptors (Lipinski definition) is 0. The normalized spacial score (nSPS) is 0. The molecule has 5 radical (unpaired) electrons. The van der Waals surface area contributed by atoms with Gasteiger partial charge in [-0.25, -0.2) is 0 Å². The van der Waals surface area contributed by atoms with Gasteiger partial charge < -0.3 is 0 Å². The Labute approximate surface area is 76.3 Å². The van der Waals surface area contributed by atoms with Gasteiger partial charge in [-0.05, 0) is 0 Å². The first-order valence-corrected chi connectivity index (χ1v) is 0. The third-order valence-electron chi connectivity index (χ3n) is 0. The van der Waals surface area contributed by atoms with Crippen molar-refractivity contribution in [2.45, 2.75) is 0 Å². The van der Waals surface area contributed by atoms with Crippen LogP contribution in [0.1, 0.15) is 0 Å². The molecule has 0 amide bonds. The van der Waals surface area contributed by atoms with Crippen LogP contribution in [-0.4, -0.2) is 40.4 Å². The molecule has 13 valence electrons. The molecule has 0 aromatic carbocycles. The Kier molecular flexibility index (Phi) is 143. The Morgan fingerprint density at radius 1 is 1.00 bits per heavy atom. The molecule has 0 nitrogen and oxygen atoms in total. The van der Waals surface area contributed by atoms with Gasteiger partial charge in [0.2, 0.25) is 0 Å². The minimum atomic E-state index is 0. The van der Waals surface area contributed by atoms with E-state index in [4.69, 9.17) is 0 Å². The van der Waals surface area contributed by atoms with Crippen LogP contribution in [0.15, 0.2) is 0 Å². The molecule has 0 atom stereocenters. The molecular weight excluding hydrogens is 169 g/mol. The molecule has 0 saturated heterocycles. The van der Waals surface area contributed by atoms with Gasteiger partial charge in [-0.1, -0.05) is 0 Å². The van der Waals surface area contributed by atoms with E-state index in [0.717, 1.165) is 0 Å². The third kappa shape index (κ3) is 8.82. The van der Waals surface area contributed by atoms with Crippen molar-refractivity contribution in [1.29, 1.82) is 0 Å². The van der Waals surface area contributed by atoms with Crippen LogP contribution in [0.4, 0.5) is 0 Å². The molecule has 0 aromatic heterocycles. The van der Waals surface area contributed by atoms with Crippen LogP contribution in [0, 0.1) is 0 Å². The van der Waals surface area contributed by atoms with Gasteiger partial charge in [0.05, 0.1) is 0 Å². The van der Waals surface area contributed by atoms with Crippen LogP contribution in [0.2, 0.25) is 0 Å². The van der Waals surface area contributed by atoms with Gasteiger partial charge in [-0.3, -0.25) is 0 Å².